The monoisotopic (exact) mass is 1020 g/mol. The highest BCUT2D eigenvalue weighted by atomic mass is 32.2. The van der Waals surface area contributed by atoms with Crippen LogP contribution < -0.4 is 4.74 Å². The average Bonchev–Trinajstić information content (AvgIpc) is 3.68. The summed E-state index contributed by atoms with van der Waals surface area (Å²) in [6.07, 6.45) is 24.6. The van der Waals surface area contributed by atoms with Gasteiger partial charge in [-0.3, -0.25) is 4.79 Å². The van der Waals surface area contributed by atoms with E-state index in [4.69, 9.17) is 37.1 Å². The summed E-state index contributed by atoms with van der Waals surface area (Å²) in [7, 11) is -3.11. The van der Waals surface area contributed by atoms with Crippen LogP contribution >= 0.6 is 9.90 Å². The molecule has 3 aromatic carbocycles. The number of ketones is 1. The zero-order valence-electron chi connectivity index (χ0n) is 45.6. The lowest BCUT2D eigenvalue weighted by molar-refractivity contribution is -0.128. The van der Waals surface area contributed by atoms with E-state index in [1.54, 1.807) is 30.5 Å². The van der Waals surface area contributed by atoms with Gasteiger partial charge in [-0.25, -0.2) is 0 Å². The first-order chi connectivity index (χ1) is 33.3. The van der Waals surface area contributed by atoms with Gasteiger partial charge in [0.25, 0.3) is 0 Å². The second kappa shape index (κ2) is 35.4. The van der Waals surface area contributed by atoms with Gasteiger partial charge in [0.2, 0.25) is 0 Å². The number of phenolic OH excluding ortho intramolecular Hbond substituents is 2. The van der Waals surface area contributed by atoms with Crippen LogP contribution in [0.3, 0.4) is 0 Å². The number of carbonyl (C=O) groups is 1. The predicted octanol–water partition coefficient (Wildman–Crippen LogP) is 16.6. The maximum Gasteiger partial charge on any atom is 0.425 e. The number of fused-ring (bicyclic) bond motifs is 2. The van der Waals surface area contributed by atoms with E-state index in [0.717, 1.165) is 56.5 Å². The zero-order chi connectivity index (χ0) is 52.1. The molecule has 2 N–H and O–H groups in total. The molecule has 4 aliphatic rings. The van der Waals surface area contributed by atoms with Crippen LogP contribution in [-0.2, 0) is 24.9 Å². The van der Waals surface area contributed by atoms with Crippen LogP contribution in [0.2, 0.25) is 0 Å². The molecule has 402 valence electrons. The number of Topliss-reactive ketones (excluding diaryl/α,β-unsaturated/α-hetero) is 1. The Hall–Kier alpha value is -3.72. The van der Waals surface area contributed by atoms with Gasteiger partial charge < -0.3 is 34.3 Å². The number of hydrogen-bond donors (Lipinski definition) is 2. The molecular formula is C60H96O9PS-. The molecule has 0 radical (unpaired) electrons. The third-order valence-electron chi connectivity index (χ3n) is 16.1. The molecule has 4 fully saturated rings. The molecule has 6 unspecified atom stereocenters. The van der Waals surface area contributed by atoms with Crippen molar-refractivity contribution in [2.75, 3.05) is 13.2 Å². The normalized spacial score (nSPS) is 20.5. The maximum atomic E-state index is 11.6. The van der Waals surface area contributed by atoms with E-state index >= 15 is 0 Å². The molecule has 0 aliphatic heterocycles. The van der Waals surface area contributed by atoms with Crippen molar-refractivity contribution >= 4 is 26.3 Å². The van der Waals surface area contributed by atoms with E-state index in [1.807, 2.05) is 31.2 Å². The van der Waals surface area contributed by atoms with Crippen LogP contribution in [0.25, 0.3) is 0 Å². The molecule has 0 saturated heterocycles. The number of phenols is 2. The Balaban J connectivity index is 0.000000449. The topological polar surface area (TPSA) is 136 Å². The first-order valence-corrected chi connectivity index (χ1v) is 27.8. The molecule has 3 aromatic rings. The van der Waals surface area contributed by atoms with Gasteiger partial charge in [0.15, 0.2) is 6.29 Å². The van der Waals surface area contributed by atoms with Crippen LogP contribution in [0.1, 0.15) is 219 Å². The van der Waals surface area contributed by atoms with Crippen LogP contribution in [0.15, 0.2) is 85.6 Å². The largest absolute Gasteiger partial charge is 0.577 e. The van der Waals surface area contributed by atoms with Crippen molar-refractivity contribution in [1.29, 1.82) is 0 Å². The maximum absolute atomic E-state index is 11.6. The van der Waals surface area contributed by atoms with Crippen LogP contribution in [-0.4, -0.2) is 48.1 Å². The van der Waals surface area contributed by atoms with Gasteiger partial charge in [0.1, 0.15) is 23.0 Å². The van der Waals surface area contributed by atoms with Crippen molar-refractivity contribution in [3.63, 3.8) is 0 Å². The minimum atomic E-state index is -3.11. The Morgan fingerprint density at radius 2 is 1.01 bits per heavy atom. The van der Waals surface area contributed by atoms with E-state index in [0.29, 0.717) is 41.0 Å². The van der Waals surface area contributed by atoms with Crippen LogP contribution in [0, 0.1) is 28.6 Å². The lowest BCUT2D eigenvalue weighted by atomic mass is 9.70. The number of rotatable bonds is 16. The Morgan fingerprint density at radius 1 is 0.634 bits per heavy atom. The molecule has 4 saturated carbocycles. The van der Waals surface area contributed by atoms with Crippen molar-refractivity contribution in [3.05, 3.63) is 102 Å². The molecule has 0 spiro atoms. The molecule has 4 aliphatic carbocycles. The first kappa shape index (κ1) is 65.3. The number of carbonyl (C=O) groups excluding carboxylic acids is 1. The van der Waals surface area contributed by atoms with Crippen molar-refractivity contribution in [1.82, 2.24) is 0 Å². The molecule has 6 atom stereocenters. The Labute approximate surface area is 436 Å². The number of benzene rings is 3. The fourth-order valence-corrected chi connectivity index (χ4v) is 9.99. The second-order valence-corrected chi connectivity index (χ2v) is 21.4. The van der Waals surface area contributed by atoms with Gasteiger partial charge in [0, 0.05) is 11.8 Å². The fourth-order valence-electron chi connectivity index (χ4n) is 9.99. The van der Waals surface area contributed by atoms with E-state index in [-0.39, 0.29) is 27.0 Å². The van der Waals surface area contributed by atoms with E-state index in [1.165, 1.54) is 107 Å². The van der Waals surface area contributed by atoms with Gasteiger partial charge in [-0.15, -0.1) is 12.6 Å². The van der Waals surface area contributed by atoms with Crippen molar-refractivity contribution < 1.29 is 41.8 Å². The molecular weight excluding hydrogens is 928 g/mol. The number of hydrogen-bond acceptors (Lipinski definition) is 9. The molecule has 0 heterocycles. The Kier molecular flexibility index (Phi) is 32.6. The van der Waals surface area contributed by atoms with E-state index in [2.05, 4.69) is 93.2 Å². The molecule has 9 nitrogen and oxygen atoms in total. The summed E-state index contributed by atoms with van der Waals surface area (Å²) in [6.45, 7) is 27.0. The van der Waals surface area contributed by atoms with Crippen LogP contribution in [0.5, 0.6) is 17.2 Å². The summed E-state index contributed by atoms with van der Waals surface area (Å²) in [5, 5.41) is 18.0. The minimum absolute atomic E-state index is 0. The van der Waals surface area contributed by atoms with E-state index < -0.39 is 10.6 Å². The SMILES string of the molecule is C=COCCC1CCCCC1.CC12CCC(CC1=O)C2(C)C.CCC(C)c1ccc(O)cc1.CCC(C)c1ccc(O)cc1.CCC(C)c1ccc(OC(C)OCCC2CCCCC2)cc1.O=S(=O)=O.[PH2-]. The summed E-state index contributed by atoms with van der Waals surface area (Å²) in [6, 6.07) is 23.3. The van der Waals surface area contributed by atoms with Crippen molar-refractivity contribution in [3.8, 4) is 17.2 Å². The standard InChI is InChI=1S/C20H32O2.C10H16O.2C10H14O.C10H18O.O3S.H2P/c1-4-16(2)19-10-12-20(13-11-19)22-17(3)21-15-14-18-8-6-5-7-9-18;1-9(2)7-4-5-10(9,3)8(11)6-7;2*1-3-8(2)9-4-6-10(11)7-5-9;1-2-11-9-8-10-6-4-3-5-7-10;1-4(2)3;/h10-13,16-18H,4-9,14-15H2,1-3H3;7H,4-6H2,1-3H3;2*4-8,11H,3H2,1-2H3;2,10H,1,3-9H2;;1H2/q;;;;;;-1. The fraction of sp³-hybridized carbons (Fsp3) is 0.650. The number of ether oxygens (including phenoxy) is 3. The summed E-state index contributed by atoms with van der Waals surface area (Å²) in [5.41, 5.74) is 4.28. The zero-order valence-corrected chi connectivity index (χ0v) is 47.6. The third kappa shape index (κ3) is 24.2. The molecule has 71 heavy (non-hydrogen) atoms. The lowest BCUT2D eigenvalue weighted by Crippen LogP contribution is -2.32. The predicted molar refractivity (Wildman–Crippen MR) is 297 cm³/mol. The van der Waals surface area contributed by atoms with Gasteiger partial charge in [0.05, 0.1) is 19.5 Å². The van der Waals surface area contributed by atoms with Gasteiger partial charge in [-0.2, -0.15) is 0 Å². The van der Waals surface area contributed by atoms with Gasteiger partial charge in [-0.1, -0.05) is 169 Å². The second-order valence-electron chi connectivity index (χ2n) is 21.0. The quantitative estimate of drug-likeness (QED) is 0.0622. The third-order valence-corrected chi connectivity index (χ3v) is 16.1. The van der Waals surface area contributed by atoms with Crippen molar-refractivity contribution in [2.24, 2.45) is 28.6 Å². The molecule has 7 rings (SSSR count). The van der Waals surface area contributed by atoms with Crippen LogP contribution in [0.4, 0.5) is 0 Å². The number of aromatic hydroxyl groups is 2. The highest BCUT2D eigenvalue weighted by molar-refractivity contribution is 7.59. The highest BCUT2D eigenvalue weighted by Gasteiger charge is 2.61. The highest BCUT2D eigenvalue weighted by Crippen LogP contribution is 2.63. The van der Waals surface area contributed by atoms with Gasteiger partial charge >= 0.3 is 10.6 Å². The summed E-state index contributed by atoms with van der Waals surface area (Å²) < 4.78 is 42.1. The first-order valence-electron chi connectivity index (χ1n) is 26.8. The van der Waals surface area contributed by atoms with Crippen molar-refractivity contribution in [2.45, 2.75) is 209 Å². The lowest BCUT2D eigenvalue weighted by Gasteiger charge is -2.32. The molecule has 2 bridgehead atoms. The molecule has 0 aromatic heterocycles. The summed E-state index contributed by atoms with van der Waals surface area (Å²) in [5.74, 6) is 6.38. The average molecular weight is 1020 g/mol. The smallest absolute Gasteiger partial charge is 0.425 e. The minimum Gasteiger partial charge on any atom is -0.577 e. The van der Waals surface area contributed by atoms with E-state index in [9.17, 15) is 4.79 Å². The molecule has 0 amide bonds. The molecule has 11 heteroatoms. The Bertz CT molecular complexity index is 1920. The van der Waals surface area contributed by atoms with Gasteiger partial charge in [-0.05, 0) is 146 Å². The summed E-state index contributed by atoms with van der Waals surface area (Å²) in [4.78, 5) is 11.6. The summed E-state index contributed by atoms with van der Waals surface area (Å²) >= 11 is 0. The Morgan fingerprint density at radius 3 is 1.32 bits per heavy atom.